The van der Waals surface area contributed by atoms with Crippen molar-refractivity contribution in [3.8, 4) is 0 Å². The molecule has 3 nitrogen and oxygen atoms in total. The maximum atomic E-state index is 5.56. The molecule has 0 N–H and O–H groups in total. The van der Waals surface area contributed by atoms with Crippen molar-refractivity contribution < 1.29 is 13.8 Å². The number of ether oxygens (including phenoxy) is 1. The van der Waals surface area contributed by atoms with E-state index < -0.39 is 0 Å². The van der Waals surface area contributed by atoms with Crippen LogP contribution in [0.5, 0.6) is 0 Å². The van der Waals surface area contributed by atoms with Gasteiger partial charge in [0.2, 0.25) is 0 Å². The lowest BCUT2D eigenvalue weighted by Gasteiger charge is -2.16. The topological polar surface area (TPSA) is 27.7 Å². The first kappa shape index (κ1) is 14.6. The Morgan fingerprint density at radius 1 is 1.12 bits per heavy atom. The molecule has 0 radical (unpaired) electrons. The second-order valence-electron chi connectivity index (χ2n) is 4.07. The third-order valence-electron chi connectivity index (χ3n) is 2.46. The fourth-order valence-corrected chi connectivity index (χ4v) is 1.97. The van der Waals surface area contributed by atoms with E-state index in [-0.39, 0.29) is 21.2 Å². The molecule has 3 atom stereocenters. The molecule has 0 saturated carbocycles. The molecule has 0 fully saturated rings. The van der Waals surface area contributed by atoms with E-state index in [1.54, 1.807) is 7.11 Å². The van der Waals surface area contributed by atoms with E-state index in [2.05, 4.69) is 0 Å². The molecule has 0 aliphatic heterocycles. The van der Waals surface area contributed by atoms with Gasteiger partial charge < -0.3 is 13.8 Å². The van der Waals surface area contributed by atoms with Crippen LogP contribution < -0.4 is 0 Å². The lowest BCUT2D eigenvalue weighted by molar-refractivity contribution is 0.0721. The molecule has 0 amide bonds. The van der Waals surface area contributed by atoms with Crippen LogP contribution in [-0.2, 0) is 20.4 Å². The first-order chi connectivity index (χ1) is 8.22. The molecule has 0 bridgehead atoms. The van der Waals surface area contributed by atoms with Gasteiger partial charge in [-0.1, -0.05) is 30.3 Å². The van der Waals surface area contributed by atoms with Crippen molar-refractivity contribution in [1.82, 2.24) is 0 Å². The predicted molar refractivity (Wildman–Crippen MR) is 71.2 cm³/mol. The van der Waals surface area contributed by atoms with Gasteiger partial charge in [0, 0.05) is 7.11 Å². The Balaban J connectivity index is 2.08. The Labute approximate surface area is 105 Å². The molecule has 0 saturated heterocycles. The summed E-state index contributed by atoms with van der Waals surface area (Å²) in [6, 6.07) is 10.1. The van der Waals surface area contributed by atoms with E-state index >= 15 is 0 Å². The molecule has 3 unspecified atom stereocenters. The molecule has 1 aromatic rings. The molecule has 4 heteroatoms. The van der Waals surface area contributed by atoms with Crippen LogP contribution in [0.25, 0.3) is 0 Å². The first-order valence-electron chi connectivity index (χ1n) is 5.81. The Morgan fingerprint density at radius 2 is 1.82 bits per heavy atom. The van der Waals surface area contributed by atoms with Gasteiger partial charge in [-0.3, -0.25) is 0 Å². The molecule has 96 valence electrons. The van der Waals surface area contributed by atoms with Gasteiger partial charge in [-0.25, -0.2) is 0 Å². The molecule has 0 aromatic heterocycles. The number of benzene rings is 1. The van der Waals surface area contributed by atoms with Crippen molar-refractivity contribution in [1.29, 1.82) is 0 Å². The third kappa shape index (κ3) is 6.75. The zero-order valence-electron chi connectivity index (χ0n) is 10.7. The summed E-state index contributed by atoms with van der Waals surface area (Å²) in [4.78, 5) is 0. The SMILES string of the molecule is COC(C)CC(C)OPOCc1ccccc1. The Kier molecular flexibility index (Phi) is 7.38. The van der Waals surface area contributed by atoms with E-state index in [9.17, 15) is 0 Å². The predicted octanol–water partition coefficient (Wildman–Crippen LogP) is 3.54. The number of hydrogen-bond donors (Lipinski definition) is 0. The normalized spacial score (nSPS) is 15.2. The van der Waals surface area contributed by atoms with Gasteiger partial charge in [-0.15, -0.1) is 0 Å². The average Bonchev–Trinajstić information content (AvgIpc) is 2.36. The van der Waals surface area contributed by atoms with Crippen LogP contribution >= 0.6 is 9.03 Å². The summed E-state index contributed by atoms with van der Waals surface area (Å²) >= 11 is 0. The van der Waals surface area contributed by atoms with Crippen LogP contribution in [-0.4, -0.2) is 19.3 Å². The number of hydrogen-bond acceptors (Lipinski definition) is 3. The number of rotatable bonds is 8. The van der Waals surface area contributed by atoms with Gasteiger partial charge in [0.1, 0.15) is 0 Å². The molecule has 1 rings (SSSR count). The van der Waals surface area contributed by atoms with Crippen molar-refractivity contribution in [2.24, 2.45) is 0 Å². The minimum absolute atomic E-state index is 0.0835. The average molecular weight is 256 g/mol. The summed E-state index contributed by atoms with van der Waals surface area (Å²) in [5.41, 5.74) is 1.17. The summed E-state index contributed by atoms with van der Waals surface area (Å²) in [5.74, 6) is 0. The van der Waals surface area contributed by atoms with Crippen LogP contribution in [0, 0.1) is 0 Å². The highest BCUT2D eigenvalue weighted by Gasteiger charge is 2.08. The lowest BCUT2D eigenvalue weighted by atomic mass is 10.2. The van der Waals surface area contributed by atoms with Crippen LogP contribution in [0.1, 0.15) is 25.8 Å². The summed E-state index contributed by atoms with van der Waals surface area (Å²) < 4.78 is 16.2. The zero-order valence-corrected chi connectivity index (χ0v) is 11.7. The van der Waals surface area contributed by atoms with Crippen molar-refractivity contribution in [3.05, 3.63) is 35.9 Å². The van der Waals surface area contributed by atoms with E-state index in [4.69, 9.17) is 13.8 Å². The van der Waals surface area contributed by atoms with Crippen molar-refractivity contribution >= 4 is 9.03 Å². The van der Waals surface area contributed by atoms with Gasteiger partial charge in [-0.2, -0.15) is 0 Å². The Morgan fingerprint density at radius 3 is 2.47 bits per heavy atom. The second kappa shape index (κ2) is 8.60. The van der Waals surface area contributed by atoms with Crippen molar-refractivity contribution in [2.75, 3.05) is 7.11 Å². The molecular formula is C13H21O3P. The van der Waals surface area contributed by atoms with Crippen LogP contribution in [0.3, 0.4) is 0 Å². The van der Waals surface area contributed by atoms with Crippen LogP contribution in [0.4, 0.5) is 0 Å². The van der Waals surface area contributed by atoms with E-state index in [0.29, 0.717) is 6.61 Å². The fraction of sp³-hybridized carbons (Fsp3) is 0.538. The van der Waals surface area contributed by atoms with Gasteiger partial charge in [0.15, 0.2) is 9.03 Å². The third-order valence-corrected chi connectivity index (χ3v) is 3.22. The summed E-state index contributed by atoms with van der Waals surface area (Å²) in [5, 5.41) is 0. The smallest absolute Gasteiger partial charge is 0.155 e. The highest BCUT2D eigenvalue weighted by molar-refractivity contribution is 7.26. The lowest BCUT2D eigenvalue weighted by Crippen LogP contribution is -2.14. The van der Waals surface area contributed by atoms with Crippen molar-refractivity contribution in [2.45, 2.75) is 39.1 Å². The highest BCUT2D eigenvalue weighted by atomic mass is 31.1. The summed E-state index contributed by atoms with van der Waals surface area (Å²) in [6.45, 7) is 4.67. The zero-order chi connectivity index (χ0) is 12.5. The molecule has 0 aliphatic carbocycles. The fourth-order valence-electron chi connectivity index (χ4n) is 1.41. The molecule has 1 aromatic carbocycles. The van der Waals surface area contributed by atoms with Gasteiger partial charge in [0.05, 0.1) is 18.8 Å². The quantitative estimate of drug-likeness (QED) is 0.526. The standard InChI is InChI=1S/C13H21O3P/c1-11(14-3)9-12(2)16-17-15-10-13-7-5-4-6-8-13/h4-8,11-12,17H,9-10H2,1-3H3. The molecule has 0 spiro atoms. The molecule has 0 heterocycles. The van der Waals surface area contributed by atoms with E-state index in [1.165, 1.54) is 5.56 Å². The van der Waals surface area contributed by atoms with E-state index in [1.807, 2.05) is 44.2 Å². The van der Waals surface area contributed by atoms with E-state index in [0.717, 1.165) is 6.42 Å². The Bertz CT molecular complexity index is 292. The minimum atomic E-state index is 0.0835. The van der Waals surface area contributed by atoms with Crippen molar-refractivity contribution in [3.63, 3.8) is 0 Å². The molecule has 17 heavy (non-hydrogen) atoms. The minimum Gasteiger partial charge on any atom is -0.382 e. The van der Waals surface area contributed by atoms with Crippen LogP contribution in [0.2, 0.25) is 0 Å². The van der Waals surface area contributed by atoms with Gasteiger partial charge in [0.25, 0.3) is 0 Å². The maximum Gasteiger partial charge on any atom is 0.155 e. The second-order valence-corrected chi connectivity index (χ2v) is 4.76. The number of methoxy groups -OCH3 is 1. The Hall–Kier alpha value is -0.470. The molecular weight excluding hydrogens is 235 g/mol. The molecule has 0 aliphatic rings. The van der Waals surface area contributed by atoms with Gasteiger partial charge in [-0.05, 0) is 25.8 Å². The monoisotopic (exact) mass is 256 g/mol. The highest BCUT2D eigenvalue weighted by Crippen LogP contribution is 2.21. The largest absolute Gasteiger partial charge is 0.382 e. The summed E-state index contributed by atoms with van der Waals surface area (Å²) in [6.07, 6.45) is 1.28. The van der Waals surface area contributed by atoms with Gasteiger partial charge >= 0.3 is 0 Å². The summed E-state index contributed by atoms with van der Waals surface area (Å²) in [7, 11) is 1.80. The maximum absolute atomic E-state index is 5.56. The first-order valence-corrected chi connectivity index (χ1v) is 6.63. The van der Waals surface area contributed by atoms with Crippen LogP contribution in [0.15, 0.2) is 30.3 Å².